The monoisotopic (exact) mass is 276 g/mol. The van der Waals surface area contributed by atoms with Crippen LogP contribution in [0.1, 0.15) is 12.5 Å². The fourth-order valence-corrected chi connectivity index (χ4v) is 2.43. The quantitative estimate of drug-likeness (QED) is 0.797. The van der Waals surface area contributed by atoms with E-state index in [0.717, 1.165) is 6.07 Å². The third kappa shape index (κ3) is 3.74. The van der Waals surface area contributed by atoms with Gasteiger partial charge >= 0.3 is 0 Å². The van der Waals surface area contributed by atoms with E-state index in [4.69, 9.17) is 10.5 Å². The van der Waals surface area contributed by atoms with Crippen LogP contribution in [0, 0.1) is 5.82 Å². The summed E-state index contributed by atoms with van der Waals surface area (Å²) in [6, 6.07) is 3.53. The zero-order chi connectivity index (χ0) is 13.8. The molecule has 0 aromatic heterocycles. The number of rotatable bonds is 6. The summed E-state index contributed by atoms with van der Waals surface area (Å²) < 4.78 is 44.3. The second kappa shape index (κ2) is 6.24. The van der Waals surface area contributed by atoms with Gasteiger partial charge in [0, 0.05) is 25.8 Å². The fourth-order valence-electron chi connectivity index (χ4n) is 1.27. The molecule has 0 aliphatic heterocycles. The van der Waals surface area contributed by atoms with Crippen molar-refractivity contribution in [2.24, 2.45) is 5.73 Å². The van der Waals surface area contributed by atoms with E-state index in [-0.39, 0.29) is 29.7 Å². The van der Waals surface area contributed by atoms with Crippen molar-refractivity contribution in [3.8, 4) is 0 Å². The Morgan fingerprint density at radius 3 is 2.72 bits per heavy atom. The first-order chi connectivity index (χ1) is 8.40. The van der Waals surface area contributed by atoms with Gasteiger partial charge in [-0.3, -0.25) is 0 Å². The molecule has 0 saturated carbocycles. The number of nitrogens with two attached hydrogens (primary N) is 1. The number of benzene rings is 1. The molecule has 1 atom stereocenters. The maximum Gasteiger partial charge on any atom is 0.240 e. The summed E-state index contributed by atoms with van der Waals surface area (Å²) in [5.74, 6) is -0.512. The molecule has 0 heterocycles. The lowest BCUT2D eigenvalue weighted by atomic mass is 10.2. The third-order valence-electron chi connectivity index (χ3n) is 2.51. The highest BCUT2D eigenvalue weighted by Crippen LogP contribution is 2.14. The van der Waals surface area contributed by atoms with E-state index in [1.807, 2.05) is 0 Å². The van der Waals surface area contributed by atoms with Crippen LogP contribution < -0.4 is 10.5 Å². The normalized spacial score (nSPS) is 13.6. The molecule has 1 rings (SSSR count). The van der Waals surface area contributed by atoms with Gasteiger partial charge in [-0.05, 0) is 25.1 Å². The van der Waals surface area contributed by atoms with Crippen molar-refractivity contribution in [2.75, 3.05) is 13.7 Å². The van der Waals surface area contributed by atoms with E-state index < -0.39 is 15.8 Å². The molecule has 0 saturated heterocycles. The van der Waals surface area contributed by atoms with Crippen LogP contribution in [0.2, 0.25) is 0 Å². The molecule has 5 nitrogen and oxygen atoms in total. The van der Waals surface area contributed by atoms with Gasteiger partial charge in [-0.25, -0.2) is 17.5 Å². The number of ether oxygens (including phenoxy) is 1. The molecule has 0 bridgehead atoms. The Kier molecular flexibility index (Phi) is 5.21. The summed E-state index contributed by atoms with van der Waals surface area (Å²) >= 11 is 0. The SMILES string of the molecule is COC(C)CNS(=O)(=O)c1ccc(F)c(CN)c1. The third-order valence-corrected chi connectivity index (χ3v) is 3.93. The van der Waals surface area contributed by atoms with E-state index >= 15 is 0 Å². The fraction of sp³-hybridized carbons (Fsp3) is 0.455. The number of halogens is 1. The molecule has 7 heteroatoms. The second-order valence-corrected chi connectivity index (χ2v) is 5.62. The predicted octanol–water partition coefficient (Wildman–Crippen LogP) is 0.598. The van der Waals surface area contributed by atoms with E-state index in [1.54, 1.807) is 6.92 Å². The summed E-state index contributed by atoms with van der Waals surface area (Å²) in [7, 11) is -2.18. The summed E-state index contributed by atoms with van der Waals surface area (Å²) in [5, 5.41) is 0. The van der Waals surface area contributed by atoms with Crippen molar-refractivity contribution in [3.63, 3.8) is 0 Å². The molecule has 0 aliphatic rings. The van der Waals surface area contributed by atoms with Crippen LogP contribution in [0.25, 0.3) is 0 Å². The number of hydrogen-bond acceptors (Lipinski definition) is 4. The molecule has 0 spiro atoms. The highest BCUT2D eigenvalue weighted by atomic mass is 32.2. The molecular formula is C11H17FN2O3S. The molecular weight excluding hydrogens is 259 g/mol. The molecule has 3 N–H and O–H groups in total. The Hall–Kier alpha value is -1.02. The minimum absolute atomic E-state index is 0.00680. The van der Waals surface area contributed by atoms with Crippen LogP contribution >= 0.6 is 0 Å². The smallest absolute Gasteiger partial charge is 0.240 e. The topological polar surface area (TPSA) is 81.4 Å². The van der Waals surface area contributed by atoms with Gasteiger partial charge in [-0.2, -0.15) is 0 Å². The van der Waals surface area contributed by atoms with Crippen molar-refractivity contribution in [2.45, 2.75) is 24.5 Å². The maximum absolute atomic E-state index is 13.2. The molecule has 1 aromatic carbocycles. The molecule has 0 amide bonds. The molecule has 0 radical (unpaired) electrons. The van der Waals surface area contributed by atoms with Gasteiger partial charge in [0.25, 0.3) is 0 Å². The van der Waals surface area contributed by atoms with E-state index in [1.165, 1.54) is 19.2 Å². The maximum atomic E-state index is 13.2. The number of nitrogens with one attached hydrogen (secondary N) is 1. The Labute approximate surface area is 106 Å². The Morgan fingerprint density at radius 2 is 2.17 bits per heavy atom. The van der Waals surface area contributed by atoms with Crippen LogP contribution in [0.3, 0.4) is 0 Å². The van der Waals surface area contributed by atoms with Crippen molar-refractivity contribution < 1.29 is 17.5 Å². The average Bonchev–Trinajstić information content (AvgIpc) is 2.36. The van der Waals surface area contributed by atoms with Crippen LogP contribution in [0.4, 0.5) is 4.39 Å². The Morgan fingerprint density at radius 1 is 1.50 bits per heavy atom. The molecule has 1 aromatic rings. The van der Waals surface area contributed by atoms with Gasteiger partial charge < -0.3 is 10.5 Å². The first-order valence-corrected chi connectivity index (χ1v) is 6.90. The zero-order valence-electron chi connectivity index (χ0n) is 10.3. The van der Waals surface area contributed by atoms with E-state index in [9.17, 15) is 12.8 Å². The van der Waals surface area contributed by atoms with Gasteiger partial charge in [-0.1, -0.05) is 0 Å². The van der Waals surface area contributed by atoms with Gasteiger partial charge in [0.05, 0.1) is 11.0 Å². The number of methoxy groups -OCH3 is 1. The van der Waals surface area contributed by atoms with Crippen molar-refractivity contribution >= 4 is 10.0 Å². The lowest BCUT2D eigenvalue weighted by molar-refractivity contribution is 0.122. The van der Waals surface area contributed by atoms with Gasteiger partial charge in [-0.15, -0.1) is 0 Å². The lowest BCUT2D eigenvalue weighted by Crippen LogP contribution is -2.31. The van der Waals surface area contributed by atoms with Crippen molar-refractivity contribution in [3.05, 3.63) is 29.6 Å². The lowest BCUT2D eigenvalue weighted by Gasteiger charge is -2.12. The number of sulfonamides is 1. The Balaban J connectivity index is 2.91. The van der Waals surface area contributed by atoms with E-state index in [2.05, 4.69) is 4.72 Å². The van der Waals surface area contributed by atoms with Gasteiger partial charge in [0.2, 0.25) is 10.0 Å². The minimum atomic E-state index is -3.67. The van der Waals surface area contributed by atoms with Crippen molar-refractivity contribution in [1.29, 1.82) is 0 Å². The summed E-state index contributed by atoms with van der Waals surface area (Å²) in [6.07, 6.45) is -0.241. The standard InChI is InChI=1S/C11H17FN2O3S/c1-8(17-2)7-14-18(15,16)10-3-4-11(12)9(5-10)6-13/h3-5,8,14H,6-7,13H2,1-2H3. The van der Waals surface area contributed by atoms with Gasteiger partial charge in [0.1, 0.15) is 5.82 Å². The molecule has 1 unspecified atom stereocenters. The second-order valence-electron chi connectivity index (χ2n) is 3.86. The summed E-state index contributed by atoms with van der Waals surface area (Å²) in [4.78, 5) is -0.00680. The molecule has 0 aliphatic carbocycles. The highest BCUT2D eigenvalue weighted by Gasteiger charge is 2.16. The van der Waals surface area contributed by atoms with Crippen LogP contribution in [-0.4, -0.2) is 28.2 Å². The molecule has 102 valence electrons. The first-order valence-electron chi connectivity index (χ1n) is 5.41. The van der Waals surface area contributed by atoms with Gasteiger partial charge in [0.15, 0.2) is 0 Å². The summed E-state index contributed by atoms with van der Waals surface area (Å²) in [6.45, 7) is 1.83. The van der Waals surface area contributed by atoms with Crippen LogP contribution in [0.15, 0.2) is 23.1 Å². The minimum Gasteiger partial charge on any atom is -0.380 e. The van der Waals surface area contributed by atoms with Crippen LogP contribution in [0.5, 0.6) is 0 Å². The highest BCUT2D eigenvalue weighted by molar-refractivity contribution is 7.89. The predicted molar refractivity (Wildman–Crippen MR) is 66.0 cm³/mol. The Bertz CT molecular complexity index is 505. The van der Waals surface area contributed by atoms with Crippen LogP contribution in [-0.2, 0) is 21.3 Å². The average molecular weight is 276 g/mol. The summed E-state index contributed by atoms with van der Waals surface area (Å²) in [5.41, 5.74) is 5.50. The molecule has 0 fully saturated rings. The zero-order valence-corrected chi connectivity index (χ0v) is 11.1. The van der Waals surface area contributed by atoms with E-state index in [0.29, 0.717) is 0 Å². The first kappa shape index (κ1) is 15.0. The largest absolute Gasteiger partial charge is 0.380 e. The number of hydrogen-bond donors (Lipinski definition) is 2. The molecule has 18 heavy (non-hydrogen) atoms. The van der Waals surface area contributed by atoms with Crippen molar-refractivity contribution in [1.82, 2.24) is 4.72 Å².